The third kappa shape index (κ3) is 4.05. The van der Waals surface area contributed by atoms with Crippen LogP contribution in [0.2, 0.25) is 0 Å². The molecular weight excluding hydrogens is 432 g/mol. The molecule has 2 aromatic heterocycles. The molecular formula is C27H28N2O3S. The molecule has 170 valence electrons. The second-order valence-electron chi connectivity index (χ2n) is 8.80. The van der Waals surface area contributed by atoms with Gasteiger partial charge in [-0.05, 0) is 83.9 Å². The maximum Gasteiger partial charge on any atom is 0.336 e. The van der Waals surface area contributed by atoms with Gasteiger partial charge in [0.25, 0.3) is 0 Å². The third-order valence-electron chi connectivity index (χ3n) is 6.97. The summed E-state index contributed by atoms with van der Waals surface area (Å²) in [6, 6.07) is 13.9. The quantitative estimate of drug-likeness (QED) is 0.351. The fraction of sp³-hybridized carbons (Fsp3) is 0.296. The molecule has 0 spiro atoms. The van der Waals surface area contributed by atoms with E-state index in [9.17, 15) is 9.90 Å². The number of ether oxygens (including phenoxy) is 1. The minimum absolute atomic E-state index is 0.0101. The summed E-state index contributed by atoms with van der Waals surface area (Å²) in [6.07, 6.45) is 3.92. The predicted molar refractivity (Wildman–Crippen MR) is 132 cm³/mol. The van der Waals surface area contributed by atoms with Crippen molar-refractivity contribution in [1.82, 2.24) is 9.88 Å². The van der Waals surface area contributed by atoms with Crippen molar-refractivity contribution >= 4 is 28.2 Å². The molecule has 0 bridgehead atoms. The second kappa shape index (κ2) is 9.04. The van der Waals surface area contributed by atoms with E-state index in [2.05, 4.69) is 45.8 Å². The Bertz CT molecular complexity index is 1280. The van der Waals surface area contributed by atoms with Crippen molar-refractivity contribution in [2.45, 2.75) is 38.3 Å². The molecule has 2 N–H and O–H groups in total. The van der Waals surface area contributed by atoms with E-state index < -0.39 is 5.97 Å². The normalized spacial score (nSPS) is 19.1. The summed E-state index contributed by atoms with van der Waals surface area (Å²) in [5.41, 5.74) is 6.06. The molecule has 0 amide bonds. The van der Waals surface area contributed by atoms with Crippen molar-refractivity contribution in [3.05, 3.63) is 87.2 Å². The van der Waals surface area contributed by atoms with Crippen LogP contribution in [0, 0.1) is 6.92 Å². The van der Waals surface area contributed by atoms with Gasteiger partial charge in [0, 0.05) is 35.2 Å². The molecule has 3 heterocycles. The average Bonchev–Trinajstić information content (AvgIpc) is 3.54. The Balaban J connectivity index is 1.57. The molecule has 1 aliphatic heterocycles. The van der Waals surface area contributed by atoms with Crippen molar-refractivity contribution in [3.8, 4) is 5.75 Å². The molecule has 5 nitrogen and oxygen atoms in total. The first-order valence-electron chi connectivity index (χ1n) is 11.3. The molecule has 1 saturated heterocycles. The fourth-order valence-electron chi connectivity index (χ4n) is 5.30. The van der Waals surface area contributed by atoms with E-state index >= 15 is 0 Å². The van der Waals surface area contributed by atoms with Gasteiger partial charge in [-0.1, -0.05) is 18.2 Å². The highest BCUT2D eigenvalue weighted by molar-refractivity contribution is 7.08. The first-order valence-corrected chi connectivity index (χ1v) is 12.2. The van der Waals surface area contributed by atoms with Crippen molar-refractivity contribution < 1.29 is 14.6 Å². The Morgan fingerprint density at radius 1 is 1.27 bits per heavy atom. The molecule has 6 heteroatoms. The monoisotopic (exact) mass is 460 g/mol. The number of nitrogens with zero attached hydrogens (tertiary/aromatic N) is 1. The number of nitrogens with one attached hydrogen (secondary N) is 1. The van der Waals surface area contributed by atoms with Crippen molar-refractivity contribution in [2.24, 2.45) is 0 Å². The number of piperidine rings is 1. The van der Waals surface area contributed by atoms with Gasteiger partial charge in [-0.25, -0.2) is 4.79 Å². The highest BCUT2D eigenvalue weighted by atomic mass is 32.1. The summed E-state index contributed by atoms with van der Waals surface area (Å²) in [7, 11) is 1.72. The Kier molecular flexibility index (Phi) is 5.96. The zero-order valence-electron chi connectivity index (χ0n) is 18.9. The Morgan fingerprint density at radius 3 is 2.88 bits per heavy atom. The van der Waals surface area contributed by atoms with Crippen LogP contribution in [0.15, 0.2) is 59.4 Å². The number of H-pyrrole nitrogens is 1. The van der Waals surface area contributed by atoms with E-state index in [-0.39, 0.29) is 6.04 Å². The standard InChI is InChI=1S/C27H28N2O3S/c1-17-13-25(32-2)23(21-7-10-28-26(17)21)15-29-11-8-18(19-9-12-33-16-19)14-24(29)20-5-3-4-6-22(20)27(30)31/h3-7,9-10,12-13,16,18,24,28H,8,11,14-15H2,1-2H3,(H,30,31)/t18?,24-/m0/s1. The van der Waals surface area contributed by atoms with Crippen molar-refractivity contribution in [1.29, 1.82) is 0 Å². The number of fused-ring (bicyclic) bond motifs is 1. The number of hydrogen-bond acceptors (Lipinski definition) is 4. The van der Waals surface area contributed by atoms with E-state index in [1.165, 1.54) is 5.56 Å². The topological polar surface area (TPSA) is 65.6 Å². The summed E-state index contributed by atoms with van der Waals surface area (Å²) in [4.78, 5) is 17.9. The van der Waals surface area contributed by atoms with E-state index in [0.29, 0.717) is 18.0 Å². The van der Waals surface area contributed by atoms with Crippen LogP contribution >= 0.6 is 11.3 Å². The highest BCUT2D eigenvalue weighted by Gasteiger charge is 2.33. The zero-order valence-corrected chi connectivity index (χ0v) is 19.7. The molecule has 1 fully saturated rings. The number of hydrogen-bond donors (Lipinski definition) is 2. The van der Waals surface area contributed by atoms with E-state index in [0.717, 1.165) is 52.7 Å². The van der Waals surface area contributed by atoms with Gasteiger partial charge in [-0.15, -0.1) is 0 Å². The first kappa shape index (κ1) is 21.7. The van der Waals surface area contributed by atoms with Crippen molar-refractivity contribution in [3.63, 3.8) is 0 Å². The lowest BCUT2D eigenvalue weighted by molar-refractivity contribution is 0.0687. The molecule has 33 heavy (non-hydrogen) atoms. The van der Waals surface area contributed by atoms with Gasteiger partial charge >= 0.3 is 5.97 Å². The molecule has 1 aliphatic rings. The van der Waals surface area contributed by atoms with Gasteiger partial charge in [-0.3, -0.25) is 4.90 Å². The largest absolute Gasteiger partial charge is 0.496 e. The maximum atomic E-state index is 12.1. The van der Waals surface area contributed by atoms with E-state index in [1.807, 2.05) is 24.4 Å². The first-order chi connectivity index (χ1) is 16.1. The van der Waals surface area contributed by atoms with Crippen LogP contribution in [0.4, 0.5) is 0 Å². The smallest absolute Gasteiger partial charge is 0.336 e. The highest BCUT2D eigenvalue weighted by Crippen LogP contribution is 2.43. The zero-order chi connectivity index (χ0) is 22.9. The summed E-state index contributed by atoms with van der Waals surface area (Å²) >= 11 is 1.72. The number of thiophene rings is 1. The number of aromatic carboxylic acids is 1. The lowest BCUT2D eigenvalue weighted by Crippen LogP contribution is -2.36. The third-order valence-corrected chi connectivity index (χ3v) is 7.67. The Morgan fingerprint density at radius 2 is 2.12 bits per heavy atom. The number of carbonyl (C=O) groups is 1. The molecule has 2 atom stereocenters. The molecule has 0 saturated carbocycles. The summed E-state index contributed by atoms with van der Waals surface area (Å²) in [5.74, 6) is 0.431. The van der Waals surface area contributed by atoms with Gasteiger partial charge in [0.05, 0.1) is 12.7 Å². The predicted octanol–water partition coefficient (Wildman–Crippen LogP) is 6.37. The maximum absolute atomic E-state index is 12.1. The number of aromatic nitrogens is 1. The van der Waals surface area contributed by atoms with Crippen molar-refractivity contribution in [2.75, 3.05) is 13.7 Å². The Labute approximate surface area is 197 Å². The SMILES string of the molecule is COc1cc(C)c2[nH]ccc2c1CN1CCC(c2ccsc2)C[C@H]1c1ccccc1C(=O)O. The number of carboxylic acids is 1. The number of methoxy groups -OCH3 is 1. The second-order valence-corrected chi connectivity index (χ2v) is 9.58. The molecule has 5 rings (SSSR count). The average molecular weight is 461 g/mol. The van der Waals surface area contributed by atoms with Crippen LogP contribution in [0.1, 0.15) is 57.4 Å². The summed E-state index contributed by atoms with van der Waals surface area (Å²) in [6.45, 7) is 3.68. The summed E-state index contributed by atoms with van der Waals surface area (Å²) in [5, 5.41) is 15.4. The molecule has 0 aliphatic carbocycles. The van der Waals surface area contributed by atoms with Crippen LogP contribution in [-0.2, 0) is 6.54 Å². The summed E-state index contributed by atoms with van der Waals surface area (Å²) < 4.78 is 5.79. The van der Waals surface area contributed by atoms with Gasteiger partial charge in [0.15, 0.2) is 0 Å². The lowest BCUT2D eigenvalue weighted by Gasteiger charge is -2.40. The van der Waals surface area contributed by atoms with Gasteiger partial charge < -0.3 is 14.8 Å². The van der Waals surface area contributed by atoms with Crippen LogP contribution in [0.25, 0.3) is 10.9 Å². The molecule has 2 aromatic carbocycles. The van der Waals surface area contributed by atoms with Crippen LogP contribution in [-0.4, -0.2) is 34.6 Å². The number of rotatable bonds is 6. The van der Waals surface area contributed by atoms with Gasteiger partial charge in [-0.2, -0.15) is 11.3 Å². The van der Waals surface area contributed by atoms with Gasteiger partial charge in [0.1, 0.15) is 5.75 Å². The number of aryl methyl sites for hydroxylation is 1. The Hall–Kier alpha value is -3.09. The molecule has 4 aromatic rings. The van der Waals surface area contributed by atoms with Crippen LogP contribution < -0.4 is 4.74 Å². The minimum Gasteiger partial charge on any atom is -0.496 e. The van der Waals surface area contributed by atoms with Crippen LogP contribution in [0.5, 0.6) is 5.75 Å². The molecule has 0 radical (unpaired) electrons. The van der Waals surface area contributed by atoms with E-state index in [1.54, 1.807) is 24.5 Å². The van der Waals surface area contributed by atoms with E-state index in [4.69, 9.17) is 4.74 Å². The number of benzene rings is 2. The number of likely N-dealkylation sites (tertiary alicyclic amines) is 1. The number of carboxylic acid groups (broad SMARTS) is 1. The molecule has 1 unspecified atom stereocenters. The van der Waals surface area contributed by atoms with Crippen LogP contribution in [0.3, 0.4) is 0 Å². The fourth-order valence-corrected chi connectivity index (χ4v) is 6.05. The lowest BCUT2D eigenvalue weighted by atomic mass is 9.82. The minimum atomic E-state index is -0.871. The number of aromatic amines is 1. The van der Waals surface area contributed by atoms with Gasteiger partial charge in [0.2, 0.25) is 0 Å².